The Bertz CT molecular complexity index is 1220. The monoisotopic (exact) mass is 425 g/mol. The molecule has 0 saturated heterocycles. The van der Waals surface area contributed by atoms with Crippen LogP contribution in [0.1, 0.15) is 17.5 Å². The number of nitrogens with one attached hydrogen (secondary N) is 3. The quantitative estimate of drug-likeness (QED) is 0.377. The Morgan fingerprint density at radius 3 is 1.12 bits per heavy atom. The second kappa shape index (κ2) is 8.26. The van der Waals surface area contributed by atoms with Crippen molar-refractivity contribution in [3.8, 4) is 0 Å². The second-order valence-corrected chi connectivity index (χ2v) is 7.75. The summed E-state index contributed by atoms with van der Waals surface area (Å²) in [5.74, 6) is 2.77. The van der Waals surface area contributed by atoms with Crippen LogP contribution in [0.15, 0.2) is 72.8 Å². The minimum atomic E-state index is 0. The van der Waals surface area contributed by atoms with Gasteiger partial charge < -0.3 is 20.4 Å². The standard InChI is InChI=1S/C24H21N7.H2O/c1-2-8-17-16(7-1)25-22(26-17)13-31(14-23-27-18-9-3-4-10-19(18)28-23)15-24-29-20-11-5-6-12-21(20)30-24;/h1-12H,13-15H2,(H,25,26)(H,27,28)(H,29,30);1H2. The molecule has 8 nitrogen and oxygen atoms in total. The maximum Gasteiger partial charge on any atom is 0.121 e. The van der Waals surface area contributed by atoms with Crippen molar-refractivity contribution in [1.82, 2.24) is 34.8 Å². The van der Waals surface area contributed by atoms with Crippen molar-refractivity contribution in [3.63, 3.8) is 0 Å². The van der Waals surface area contributed by atoms with Crippen LogP contribution >= 0.6 is 0 Å². The third-order valence-corrected chi connectivity index (χ3v) is 5.44. The van der Waals surface area contributed by atoms with Gasteiger partial charge in [0.15, 0.2) is 0 Å². The zero-order valence-electron chi connectivity index (χ0n) is 17.3. The van der Waals surface area contributed by atoms with E-state index in [4.69, 9.17) is 15.0 Å². The summed E-state index contributed by atoms with van der Waals surface area (Å²) in [6, 6.07) is 24.3. The number of hydrogen-bond acceptors (Lipinski definition) is 4. The van der Waals surface area contributed by atoms with Crippen molar-refractivity contribution in [2.45, 2.75) is 19.6 Å². The highest BCUT2D eigenvalue weighted by Crippen LogP contribution is 2.18. The van der Waals surface area contributed by atoms with Gasteiger partial charge in [-0.2, -0.15) is 0 Å². The fourth-order valence-electron chi connectivity index (χ4n) is 4.04. The van der Waals surface area contributed by atoms with E-state index in [1.807, 2.05) is 54.6 Å². The number of rotatable bonds is 6. The topological polar surface area (TPSA) is 121 Å². The van der Waals surface area contributed by atoms with Crippen molar-refractivity contribution in [3.05, 3.63) is 90.3 Å². The summed E-state index contributed by atoms with van der Waals surface area (Å²) in [5.41, 5.74) is 6.07. The fourth-order valence-corrected chi connectivity index (χ4v) is 4.04. The highest BCUT2D eigenvalue weighted by Gasteiger charge is 2.15. The van der Waals surface area contributed by atoms with E-state index in [0.29, 0.717) is 19.6 Å². The van der Waals surface area contributed by atoms with Crippen LogP contribution in [0, 0.1) is 0 Å². The highest BCUT2D eigenvalue weighted by atomic mass is 16.0. The molecule has 0 aliphatic heterocycles. The molecule has 0 atom stereocenters. The van der Waals surface area contributed by atoms with Crippen LogP contribution in [0.2, 0.25) is 0 Å². The minimum Gasteiger partial charge on any atom is -0.412 e. The fraction of sp³-hybridized carbons (Fsp3) is 0.125. The second-order valence-electron chi connectivity index (χ2n) is 7.75. The Morgan fingerprint density at radius 1 is 0.500 bits per heavy atom. The molecule has 3 heterocycles. The Hall–Kier alpha value is -4.01. The van der Waals surface area contributed by atoms with E-state index in [9.17, 15) is 0 Å². The van der Waals surface area contributed by atoms with Gasteiger partial charge >= 0.3 is 0 Å². The maximum absolute atomic E-state index is 4.76. The van der Waals surface area contributed by atoms with Crippen molar-refractivity contribution in [1.29, 1.82) is 0 Å². The Balaban J connectivity index is 0.00000216. The minimum absolute atomic E-state index is 0. The molecule has 0 bridgehead atoms. The molecule has 3 aromatic heterocycles. The number of aromatic nitrogens is 6. The summed E-state index contributed by atoms with van der Waals surface area (Å²) in [6.45, 7) is 1.97. The number of nitrogens with zero attached hydrogens (tertiary/aromatic N) is 4. The first-order valence-corrected chi connectivity index (χ1v) is 10.3. The molecule has 0 fully saturated rings. The molecule has 5 N–H and O–H groups in total. The van der Waals surface area contributed by atoms with Crippen LogP contribution in [-0.2, 0) is 19.6 Å². The Labute approximate surface area is 183 Å². The molecular weight excluding hydrogens is 402 g/mol. The van der Waals surface area contributed by atoms with E-state index in [1.54, 1.807) is 0 Å². The van der Waals surface area contributed by atoms with Gasteiger partial charge in [0, 0.05) is 0 Å². The van der Waals surface area contributed by atoms with Crippen LogP contribution < -0.4 is 0 Å². The average Bonchev–Trinajstić information content (AvgIpc) is 3.48. The predicted molar refractivity (Wildman–Crippen MR) is 125 cm³/mol. The van der Waals surface area contributed by atoms with Gasteiger partial charge in [0.05, 0.1) is 52.7 Å². The smallest absolute Gasteiger partial charge is 0.121 e. The van der Waals surface area contributed by atoms with E-state index in [1.165, 1.54) is 0 Å². The number of para-hydroxylation sites is 6. The zero-order valence-corrected chi connectivity index (χ0v) is 17.3. The molecule has 0 aliphatic carbocycles. The van der Waals surface area contributed by atoms with Crippen molar-refractivity contribution in [2.24, 2.45) is 0 Å². The van der Waals surface area contributed by atoms with Crippen molar-refractivity contribution in [2.75, 3.05) is 0 Å². The summed E-state index contributed by atoms with van der Waals surface area (Å²) in [6.07, 6.45) is 0. The number of hydrogen-bond donors (Lipinski definition) is 3. The molecule has 32 heavy (non-hydrogen) atoms. The van der Waals surface area contributed by atoms with Gasteiger partial charge in [-0.1, -0.05) is 36.4 Å². The average molecular weight is 425 g/mol. The Morgan fingerprint density at radius 2 is 0.812 bits per heavy atom. The number of H-pyrrole nitrogens is 3. The molecule has 0 spiro atoms. The molecule has 160 valence electrons. The van der Waals surface area contributed by atoms with E-state index < -0.39 is 0 Å². The summed E-state index contributed by atoms with van der Waals surface area (Å²) in [4.78, 5) is 26.9. The van der Waals surface area contributed by atoms with Crippen LogP contribution in [0.4, 0.5) is 0 Å². The molecule has 6 aromatic rings. The first-order chi connectivity index (χ1) is 15.3. The van der Waals surface area contributed by atoms with Crippen molar-refractivity contribution >= 4 is 33.1 Å². The third-order valence-electron chi connectivity index (χ3n) is 5.44. The summed E-state index contributed by atoms with van der Waals surface area (Å²) in [7, 11) is 0. The predicted octanol–water partition coefficient (Wildman–Crippen LogP) is 3.69. The first-order valence-electron chi connectivity index (χ1n) is 10.3. The normalized spacial score (nSPS) is 11.5. The van der Waals surface area contributed by atoms with Crippen molar-refractivity contribution < 1.29 is 5.48 Å². The molecule has 8 heteroatoms. The number of imidazole rings is 3. The van der Waals surface area contributed by atoms with Crippen LogP contribution in [0.5, 0.6) is 0 Å². The third kappa shape index (κ3) is 3.84. The summed E-state index contributed by atoms with van der Waals surface area (Å²) < 4.78 is 0. The lowest BCUT2D eigenvalue weighted by Crippen LogP contribution is -2.24. The van der Waals surface area contributed by atoms with Crippen LogP contribution in [0.3, 0.4) is 0 Å². The lowest BCUT2D eigenvalue weighted by Gasteiger charge is -2.18. The van der Waals surface area contributed by atoms with Gasteiger partial charge in [-0.15, -0.1) is 0 Å². The number of benzene rings is 3. The molecule has 6 rings (SSSR count). The van der Waals surface area contributed by atoms with E-state index in [2.05, 4.69) is 38.1 Å². The van der Waals surface area contributed by atoms with Gasteiger partial charge in [0.2, 0.25) is 0 Å². The van der Waals surface area contributed by atoms with Gasteiger partial charge in [-0.05, 0) is 36.4 Å². The lowest BCUT2D eigenvalue weighted by atomic mass is 10.3. The van der Waals surface area contributed by atoms with Gasteiger partial charge in [0.25, 0.3) is 0 Å². The number of aromatic amines is 3. The Kier molecular flexibility index (Phi) is 5.14. The van der Waals surface area contributed by atoms with Crippen LogP contribution in [0.25, 0.3) is 33.1 Å². The first kappa shape index (κ1) is 19.9. The highest BCUT2D eigenvalue weighted by molar-refractivity contribution is 5.76. The number of fused-ring (bicyclic) bond motifs is 3. The molecule has 0 radical (unpaired) electrons. The van der Waals surface area contributed by atoms with Gasteiger partial charge in [0.1, 0.15) is 17.5 Å². The molecular formula is C24H23N7O. The van der Waals surface area contributed by atoms with E-state index in [-0.39, 0.29) is 5.48 Å². The molecule has 3 aromatic carbocycles. The summed E-state index contributed by atoms with van der Waals surface area (Å²) in [5, 5.41) is 0. The molecule has 0 unspecified atom stereocenters. The largest absolute Gasteiger partial charge is 0.412 e. The molecule has 0 aliphatic rings. The maximum atomic E-state index is 4.76. The van der Waals surface area contributed by atoms with Crippen LogP contribution in [-0.4, -0.2) is 40.3 Å². The van der Waals surface area contributed by atoms with Gasteiger partial charge in [-0.3, -0.25) is 4.90 Å². The summed E-state index contributed by atoms with van der Waals surface area (Å²) >= 11 is 0. The molecule has 0 saturated carbocycles. The van der Waals surface area contributed by atoms with Gasteiger partial charge in [-0.25, -0.2) is 15.0 Å². The zero-order chi connectivity index (χ0) is 20.6. The van der Waals surface area contributed by atoms with E-state index >= 15 is 0 Å². The lowest BCUT2D eigenvalue weighted by molar-refractivity contribution is 0.232. The molecule has 0 amide bonds. The van der Waals surface area contributed by atoms with E-state index in [0.717, 1.165) is 50.6 Å². The SMILES string of the molecule is O.c1ccc2[nH]c(CN(Cc3nc4ccccc4[nH]3)Cc3nc4ccccc4[nH]3)nc2c1.